The fourth-order valence-electron chi connectivity index (χ4n) is 0.679. The number of allylic oxidation sites excluding steroid dienone is 1. The molecule has 1 rings (SSSR count). The van der Waals surface area contributed by atoms with Gasteiger partial charge in [0, 0.05) is 0 Å². The van der Waals surface area contributed by atoms with Crippen molar-refractivity contribution in [2.45, 2.75) is 6.54 Å². The second kappa shape index (κ2) is 4.12. The smallest absolute Gasteiger partial charge is 0.367 e. The Balaban J connectivity index is 3.43. The molecule has 76 valence electrons. The third kappa shape index (κ3) is 2.37. The van der Waals surface area contributed by atoms with Crippen molar-refractivity contribution in [2.75, 3.05) is 11.5 Å². The topological polar surface area (TPSA) is 126 Å². The van der Waals surface area contributed by atoms with Gasteiger partial charge in [-0.2, -0.15) is 14.5 Å². The van der Waals surface area contributed by atoms with Crippen LogP contribution in [0.4, 0.5) is 11.9 Å². The van der Waals surface area contributed by atoms with Gasteiger partial charge in [0.15, 0.2) is 0 Å². The molecule has 0 aliphatic heterocycles. The number of aromatic nitrogens is 3. The van der Waals surface area contributed by atoms with Gasteiger partial charge in [-0.1, -0.05) is 6.08 Å². The Morgan fingerprint density at radius 3 is 2.93 bits per heavy atom. The second-order valence-electron chi connectivity index (χ2n) is 2.20. The van der Waals surface area contributed by atoms with Crippen molar-refractivity contribution in [3.05, 3.63) is 23.3 Å². The number of nitrogen functional groups attached to an aromatic ring is 2. The van der Waals surface area contributed by atoms with Crippen molar-refractivity contribution in [2.24, 2.45) is 0 Å². The van der Waals surface area contributed by atoms with Gasteiger partial charge in [0.2, 0.25) is 5.95 Å². The van der Waals surface area contributed by atoms with Crippen LogP contribution in [0, 0.1) is 0 Å². The van der Waals surface area contributed by atoms with Gasteiger partial charge in [-0.05, 0) is 5.16 Å². The van der Waals surface area contributed by atoms with Gasteiger partial charge in [0.05, 0.1) is 6.54 Å². The maximum Gasteiger partial charge on any atom is 0.560 e. The molecule has 0 aliphatic rings. The molecule has 1 aromatic rings. The monoisotopic (exact) mass is 199 g/mol. The number of nitrogens with two attached hydrogens (primary N) is 2. The minimum Gasteiger partial charge on any atom is -0.367 e. The Morgan fingerprint density at radius 2 is 2.29 bits per heavy atom. The van der Waals surface area contributed by atoms with Crippen LogP contribution in [0.3, 0.4) is 0 Å². The van der Waals surface area contributed by atoms with Crippen molar-refractivity contribution >= 4 is 11.9 Å². The molecule has 0 fully saturated rings. The quantitative estimate of drug-likeness (QED) is 0.603. The van der Waals surface area contributed by atoms with Crippen LogP contribution in [-0.2, 0) is 6.54 Å². The van der Waals surface area contributed by atoms with Gasteiger partial charge in [0.25, 0.3) is 5.95 Å². The van der Waals surface area contributed by atoms with Gasteiger partial charge in [0.1, 0.15) is 0 Å². The Kier molecular flexibility index (Phi) is 2.89. The predicted octanol–water partition coefficient (Wildman–Crippen LogP) is -0.701. The standard InChI is InChI=1S/C6H9N5O3/c1-2-3-11-5(8)9-4(7)10-13-6(12)14-11/h2H,1,3H2,(H4,7,8,9,10). The van der Waals surface area contributed by atoms with Crippen molar-refractivity contribution in [3.63, 3.8) is 0 Å². The van der Waals surface area contributed by atoms with E-state index in [4.69, 9.17) is 11.5 Å². The SMILES string of the molecule is C=CCn1oc(=O)onc(N)nc1N. The fourth-order valence-corrected chi connectivity index (χ4v) is 0.679. The fraction of sp³-hybridized carbons (Fsp3) is 0.167. The van der Waals surface area contributed by atoms with E-state index < -0.39 is 5.82 Å². The number of hydrogen-bond donors (Lipinski definition) is 2. The molecular formula is C6H9N5O3. The van der Waals surface area contributed by atoms with E-state index >= 15 is 0 Å². The number of hydrogen-bond acceptors (Lipinski definition) is 7. The highest BCUT2D eigenvalue weighted by Gasteiger charge is 1.98. The average Bonchev–Trinajstić information content (AvgIpc) is 2.12. The lowest BCUT2D eigenvalue weighted by Gasteiger charge is -2.00. The van der Waals surface area contributed by atoms with Crippen LogP contribution in [0.5, 0.6) is 0 Å². The first-order chi connectivity index (χ1) is 6.63. The van der Waals surface area contributed by atoms with Crippen LogP contribution in [0.1, 0.15) is 0 Å². The molecular weight excluding hydrogens is 190 g/mol. The van der Waals surface area contributed by atoms with Crippen molar-refractivity contribution in [1.82, 2.24) is 14.9 Å². The zero-order chi connectivity index (χ0) is 10.6. The Bertz CT molecular complexity index is 427. The van der Waals surface area contributed by atoms with E-state index in [0.29, 0.717) is 0 Å². The highest BCUT2D eigenvalue weighted by Crippen LogP contribution is 1.95. The molecule has 4 N–H and O–H groups in total. The van der Waals surface area contributed by atoms with Gasteiger partial charge in [-0.15, -0.1) is 6.58 Å². The third-order valence-electron chi connectivity index (χ3n) is 1.18. The molecule has 1 heterocycles. The summed E-state index contributed by atoms with van der Waals surface area (Å²) in [6.45, 7) is 3.61. The maximum atomic E-state index is 10.8. The van der Waals surface area contributed by atoms with E-state index in [1.807, 2.05) is 0 Å². The van der Waals surface area contributed by atoms with E-state index in [0.717, 1.165) is 4.74 Å². The molecule has 0 radical (unpaired) electrons. The van der Waals surface area contributed by atoms with Crippen LogP contribution in [0.15, 0.2) is 26.5 Å². The van der Waals surface area contributed by atoms with Crippen LogP contribution in [-0.4, -0.2) is 14.9 Å². The van der Waals surface area contributed by atoms with E-state index in [2.05, 4.69) is 25.8 Å². The molecule has 1 aromatic heterocycles. The lowest BCUT2D eigenvalue weighted by atomic mass is 10.6. The minimum absolute atomic E-state index is 0.109. The lowest BCUT2D eigenvalue weighted by Crippen LogP contribution is -2.12. The summed E-state index contributed by atoms with van der Waals surface area (Å²) in [6, 6.07) is 0. The first kappa shape index (κ1) is 9.84. The molecule has 8 nitrogen and oxygen atoms in total. The Hall–Kier alpha value is -2.25. The van der Waals surface area contributed by atoms with E-state index in [-0.39, 0.29) is 18.4 Å². The molecule has 0 atom stereocenters. The normalized spacial score (nSPS) is 9.43. The largest absolute Gasteiger partial charge is 0.560 e. The summed E-state index contributed by atoms with van der Waals surface area (Å²) < 4.78 is 9.73. The summed E-state index contributed by atoms with van der Waals surface area (Å²) in [5, 5.41) is 3.11. The third-order valence-corrected chi connectivity index (χ3v) is 1.18. The zero-order valence-electron chi connectivity index (χ0n) is 7.21. The maximum absolute atomic E-state index is 10.8. The molecule has 0 saturated heterocycles. The number of rotatable bonds is 2. The van der Waals surface area contributed by atoms with Gasteiger partial charge in [-0.25, -0.2) is 0 Å². The Labute approximate surface area is 78.1 Å². The van der Waals surface area contributed by atoms with Crippen LogP contribution in [0.25, 0.3) is 0 Å². The average molecular weight is 199 g/mol. The first-order valence-electron chi connectivity index (χ1n) is 3.58. The summed E-state index contributed by atoms with van der Waals surface area (Å²) in [5.41, 5.74) is 10.6. The highest BCUT2D eigenvalue weighted by molar-refractivity contribution is 5.20. The number of anilines is 2. The zero-order valence-corrected chi connectivity index (χ0v) is 7.21. The van der Waals surface area contributed by atoms with Crippen LogP contribution < -0.4 is 17.3 Å². The summed E-state index contributed by atoms with van der Waals surface area (Å²) in [5.74, 6) is -1.43. The van der Waals surface area contributed by atoms with Gasteiger partial charge < -0.3 is 16.0 Å². The van der Waals surface area contributed by atoms with Gasteiger partial charge in [-0.3, -0.25) is 4.52 Å². The molecule has 0 spiro atoms. The van der Waals surface area contributed by atoms with E-state index in [1.165, 1.54) is 6.08 Å². The molecule has 0 amide bonds. The van der Waals surface area contributed by atoms with Gasteiger partial charge >= 0.3 is 5.82 Å². The van der Waals surface area contributed by atoms with E-state index in [9.17, 15) is 4.79 Å². The lowest BCUT2D eigenvalue weighted by molar-refractivity contribution is 0.160. The predicted molar refractivity (Wildman–Crippen MR) is 47.5 cm³/mol. The summed E-state index contributed by atoms with van der Waals surface area (Å²) in [7, 11) is 0. The molecule has 0 aliphatic carbocycles. The van der Waals surface area contributed by atoms with Crippen LogP contribution >= 0.6 is 0 Å². The highest BCUT2D eigenvalue weighted by atomic mass is 16.6. The molecule has 0 bridgehead atoms. The van der Waals surface area contributed by atoms with Crippen molar-refractivity contribution in [1.29, 1.82) is 0 Å². The Morgan fingerprint density at radius 1 is 1.57 bits per heavy atom. The summed E-state index contributed by atoms with van der Waals surface area (Å²) in [4.78, 5) is 14.4. The number of nitrogens with zero attached hydrogens (tertiary/aromatic N) is 3. The molecule has 14 heavy (non-hydrogen) atoms. The molecule has 0 aromatic carbocycles. The second-order valence-corrected chi connectivity index (χ2v) is 2.20. The molecule has 8 heteroatoms. The van der Waals surface area contributed by atoms with Crippen LogP contribution in [0.2, 0.25) is 0 Å². The first-order valence-corrected chi connectivity index (χ1v) is 3.58. The minimum atomic E-state index is -1.05. The van der Waals surface area contributed by atoms with Crippen molar-refractivity contribution < 1.29 is 9.05 Å². The van der Waals surface area contributed by atoms with E-state index in [1.54, 1.807) is 0 Å². The summed E-state index contributed by atoms with van der Waals surface area (Å²) in [6.07, 6.45) is 1.46. The molecule has 0 unspecified atom stereocenters. The summed E-state index contributed by atoms with van der Waals surface area (Å²) >= 11 is 0. The molecule has 0 saturated carbocycles. The van der Waals surface area contributed by atoms with Crippen molar-refractivity contribution in [3.8, 4) is 0 Å².